The number of hydrogen-bond donors (Lipinski definition) is 1. The molecule has 0 unspecified atom stereocenters. The largest absolute Gasteiger partial charge is 0.456 e. The highest BCUT2D eigenvalue weighted by molar-refractivity contribution is 5.97. The minimum atomic E-state index is -0.500. The number of hydrogen-bond acceptors (Lipinski definition) is 4. The summed E-state index contributed by atoms with van der Waals surface area (Å²) in [6, 6.07) is 6.07. The van der Waals surface area contributed by atoms with Crippen LogP contribution in [0.1, 0.15) is 79.3 Å². The van der Waals surface area contributed by atoms with E-state index in [1.807, 2.05) is 18.2 Å². The number of ketones is 1. The molecule has 1 fully saturated rings. The van der Waals surface area contributed by atoms with Gasteiger partial charge in [0.2, 0.25) is 0 Å². The molecule has 2 aliphatic carbocycles. The first-order chi connectivity index (χ1) is 13.1. The molecule has 5 nitrogen and oxygen atoms in total. The summed E-state index contributed by atoms with van der Waals surface area (Å²) < 4.78 is 5.02. The molecular weight excluding hydrogens is 342 g/mol. The van der Waals surface area contributed by atoms with Gasteiger partial charge in [0.15, 0.2) is 12.4 Å². The lowest BCUT2D eigenvalue weighted by Gasteiger charge is -2.22. The number of nitrogens with one attached hydrogen (secondary N) is 1. The van der Waals surface area contributed by atoms with Crippen molar-refractivity contribution in [1.82, 2.24) is 5.32 Å². The van der Waals surface area contributed by atoms with Crippen LogP contribution in [0.5, 0.6) is 0 Å². The second-order valence-corrected chi connectivity index (χ2v) is 7.68. The van der Waals surface area contributed by atoms with E-state index < -0.39 is 5.97 Å². The number of ether oxygens (including phenoxy) is 1. The first-order valence-corrected chi connectivity index (χ1v) is 10.2. The van der Waals surface area contributed by atoms with Gasteiger partial charge in [0, 0.05) is 18.0 Å². The molecule has 27 heavy (non-hydrogen) atoms. The van der Waals surface area contributed by atoms with E-state index in [1.165, 1.54) is 30.4 Å². The number of amides is 1. The van der Waals surface area contributed by atoms with Crippen LogP contribution in [0.2, 0.25) is 0 Å². The molecule has 1 amide bonds. The quantitative estimate of drug-likeness (QED) is 0.588. The summed E-state index contributed by atoms with van der Waals surface area (Å²) in [4.78, 5) is 36.1. The number of rotatable bonds is 7. The Morgan fingerprint density at radius 1 is 0.926 bits per heavy atom. The van der Waals surface area contributed by atoms with Gasteiger partial charge in [0.05, 0.1) is 6.42 Å². The normalized spacial score (nSPS) is 17.0. The van der Waals surface area contributed by atoms with Gasteiger partial charge in [-0.25, -0.2) is 0 Å². The zero-order chi connectivity index (χ0) is 19.1. The van der Waals surface area contributed by atoms with Crippen molar-refractivity contribution in [2.75, 3.05) is 6.61 Å². The summed E-state index contributed by atoms with van der Waals surface area (Å²) >= 11 is 0. The molecule has 0 aliphatic heterocycles. The lowest BCUT2D eigenvalue weighted by Crippen LogP contribution is -2.38. The summed E-state index contributed by atoms with van der Waals surface area (Å²) in [6.07, 6.45) is 10.1. The Morgan fingerprint density at radius 3 is 2.44 bits per heavy atom. The third-order valence-corrected chi connectivity index (χ3v) is 5.56. The molecule has 2 aliphatic rings. The van der Waals surface area contributed by atoms with E-state index in [1.54, 1.807) is 0 Å². The zero-order valence-electron chi connectivity index (χ0n) is 15.9. The average molecular weight is 371 g/mol. The van der Waals surface area contributed by atoms with Crippen LogP contribution in [-0.2, 0) is 27.2 Å². The second kappa shape index (κ2) is 9.67. The molecule has 3 rings (SSSR count). The fourth-order valence-electron chi connectivity index (χ4n) is 4.00. The smallest absolute Gasteiger partial charge is 0.306 e. The Bertz CT molecular complexity index is 692. The van der Waals surface area contributed by atoms with Gasteiger partial charge in [0.1, 0.15) is 0 Å². The van der Waals surface area contributed by atoms with Crippen molar-refractivity contribution in [3.05, 3.63) is 34.9 Å². The minimum absolute atomic E-state index is 0.00657. The van der Waals surface area contributed by atoms with Crippen LogP contribution in [0.3, 0.4) is 0 Å². The Morgan fingerprint density at radius 2 is 1.67 bits per heavy atom. The Balaban J connectivity index is 1.38. The summed E-state index contributed by atoms with van der Waals surface area (Å²) in [6.45, 7) is -0.262. The maximum atomic E-state index is 12.3. The Kier molecular flexibility index (Phi) is 7.02. The van der Waals surface area contributed by atoms with E-state index in [9.17, 15) is 14.4 Å². The fraction of sp³-hybridized carbons (Fsp3) is 0.591. The van der Waals surface area contributed by atoms with E-state index >= 15 is 0 Å². The van der Waals surface area contributed by atoms with E-state index in [2.05, 4.69) is 5.32 Å². The molecule has 0 atom stereocenters. The summed E-state index contributed by atoms with van der Waals surface area (Å²) in [5, 5.41) is 2.91. The van der Waals surface area contributed by atoms with Crippen LogP contribution in [-0.4, -0.2) is 30.3 Å². The van der Waals surface area contributed by atoms with E-state index in [4.69, 9.17) is 4.74 Å². The van der Waals surface area contributed by atoms with Crippen molar-refractivity contribution in [3.63, 3.8) is 0 Å². The molecular formula is C22H29NO4. The highest BCUT2D eigenvalue weighted by atomic mass is 16.5. The van der Waals surface area contributed by atoms with Crippen molar-refractivity contribution < 1.29 is 19.1 Å². The van der Waals surface area contributed by atoms with Gasteiger partial charge in [0.25, 0.3) is 5.91 Å². The maximum absolute atomic E-state index is 12.3. The number of aryl methyl sites for hydroxylation is 2. The molecule has 0 saturated heterocycles. The van der Waals surface area contributed by atoms with Gasteiger partial charge < -0.3 is 10.1 Å². The standard InChI is InChI=1S/C22H29NO4/c24-20(18-11-10-16-6-4-5-7-17(16)14-18)12-13-22(26)27-15-21(25)23-19-8-2-1-3-9-19/h10-11,14,19H,1-9,12-13,15H2,(H,23,25). The second-order valence-electron chi connectivity index (χ2n) is 7.68. The van der Waals surface area contributed by atoms with Gasteiger partial charge in [-0.1, -0.05) is 31.4 Å². The Labute approximate surface area is 160 Å². The number of esters is 1. The van der Waals surface area contributed by atoms with Crippen LogP contribution in [0.15, 0.2) is 18.2 Å². The molecule has 1 aromatic rings. The van der Waals surface area contributed by atoms with Crippen LogP contribution < -0.4 is 5.32 Å². The van der Waals surface area contributed by atoms with Gasteiger partial charge in [-0.3, -0.25) is 14.4 Å². The third-order valence-electron chi connectivity index (χ3n) is 5.56. The molecule has 0 bridgehead atoms. The van der Waals surface area contributed by atoms with Crippen molar-refractivity contribution in [1.29, 1.82) is 0 Å². The third kappa shape index (κ3) is 5.91. The molecule has 1 N–H and O–H groups in total. The van der Waals surface area contributed by atoms with Gasteiger partial charge >= 0.3 is 5.97 Å². The van der Waals surface area contributed by atoms with Crippen molar-refractivity contribution in [3.8, 4) is 0 Å². The van der Waals surface area contributed by atoms with Crippen LogP contribution in [0, 0.1) is 0 Å². The molecule has 0 radical (unpaired) electrons. The summed E-state index contributed by atoms with van der Waals surface area (Å²) in [5.74, 6) is -0.802. The summed E-state index contributed by atoms with van der Waals surface area (Å²) in [5.41, 5.74) is 3.26. The first kappa shape index (κ1) is 19.6. The van der Waals surface area contributed by atoms with Gasteiger partial charge in [-0.15, -0.1) is 0 Å². The van der Waals surface area contributed by atoms with Crippen LogP contribution in [0.25, 0.3) is 0 Å². The number of benzene rings is 1. The predicted molar refractivity (Wildman–Crippen MR) is 103 cm³/mol. The Hall–Kier alpha value is -2.17. The van der Waals surface area contributed by atoms with Crippen molar-refractivity contribution in [2.24, 2.45) is 0 Å². The molecule has 1 aromatic carbocycles. The number of carbonyl (C=O) groups excluding carboxylic acids is 3. The zero-order valence-corrected chi connectivity index (χ0v) is 15.9. The van der Waals surface area contributed by atoms with Crippen molar-refractivity contribution >= 4 is 17.7 Å². The predicted octanol–water partition coefficient (Wildman–Crippen LogP) is 3.52. The highest BCUT2D eigenvalue weighted by Crippen LogP contribution is 2.23. The van der Waals surface area contributed by atoms with E-state index in [0.29, 0.717) is 5.56 Å². The molecule has 0 aromatic heterocycles. The van der Waals surface area contributed by atoms with E-state index in [0.717, 1.165) is 38.5 Å². The highest BCUT2D eigenvalue weighted by Gasteiger charge is 2.18. The topological polar surface area (TPSA) is 72.5 Å². The first-order valence-electron chi connectivity index (χ1n) is 10.2. The minimum Gasteiger partial charge on any atom is -0.456 e. The maximum Gasteiger partial charge on any atom is 0.306 e. The molecule has 146 valence electrons. The van der Waals surface area contributed by atoms with Crippen LogP contribution >= 0.6 is 0 Å². The molecule has 5 heteroatoms. The van der Waals surface area contributed by atoms with Crippen molar-refractivity contribution in [2.45, 2.75) is 76.7 Å². The number of carbonyl (C=O) groups is 3. The average Bonchev–Trinajstić information content (AvgIpc) is 2.71. The molecule has 0 heterocycles. The lowest BCUT2D eigenvalue weighted by molar-refractivity contribution is -0.148. The van der Waals surface area contributed by atoms with E-state index in [-0.39, 0.29) is 37.2 Å². The monoisotopic (exact) mass is 371 g/mol. The molecule has 0 spiro atoms. The van der Waals surface area contributed by atoms with Gasteiger partial charge in [-0.2, -0.15) is 0 Å². The SMILES string of the molecule is O=C(COC(=O)CCC(=O)c1ccc2c(c1)CCCC2)NC1CCCCC1. The number of Topliss-reactive ketones (excluding diaryl/α,β-unsaturated/α-hetero) is 1. The summed E-state index contributed by atoms with van der Waals surface area (Å²) in [7, 11) is 0. The number of fused-ring (bicyclic) bond motifs is 1. The lowest BCUT2D eigenvalue weighted by atomic mass is 9.89. The van der Waals surface area contributed by atoms with Crippen LogP contribution in [0.4, 0.5) is 0 Å². The van der Waals surface area contributed by atoms with Gasteiger partial charge in [-0.05, 0) is 55.7 Å². The molecule has 1 saturated carbocycles. The fourth-order valence-corrected chi connectivity index (χ4v) is 4.00.